The van der Waals surface area contributed by atoms with E-state index in [1.807, 2.05) is 50.1 Å². The molecule has 2 aromatic heterocycles. The van der Waals surface area contributed by atoms with Gasteiger partial charge in [0.25, 0.3) is 0 Å². The van der Waals surface area contributed by atoms with Gasteiger partial charge in [0.2, 0.25) is 11.9 Å². The highest BCUT2D eigenvalue weighted by Crippen LogP contribution is 2.33. The van der Waals surface area contributed by atoms with Gasteiger partial charge in [0.1, 0.15) is 18.4 Å². The number of hydrogen-bond acceptors (Lipinski definition) is 5. The van der Waals surface area contributed by atoms with E-state index in [2.05, 4.69) is 21.4 Å². The van der Waals surface area contributed by atoms with E-state index in [4.69, 9.17) is 4.74 Å². The van der Waals surface area contributed by atoms with Gasteiger partial charge in [-0.25, -0.2) is 4.98 Å². The lowest BCUT2D eigenvalue weighted by Crippen LogP contribution is -2.44. The van der Waals surface area contributed by atoms with Crippen LogP contribution in [0.4, 0.5) is 15.8 Å². The number of nitrogens with zero attached hydrogens (tertiary/aromatic N) is 3. The number of benzene rings is 1. The number of ether oxygens (including phenoxy) is 1. The molecule has 1 amide bonds. The maximum Gasteiger partial charge on any atom is 0.246 e. The molecule has 3 aromatic rings. The first-order valence-electron chi connectivity index (χ1n) is 10.3. The minimum Gasteiger partial charge on any atom is -0.489 e. The molecule has 3 heterocycles. The highest BCUT2D eigenvalue weighted by Gasteiger charge is 2.28. The first-order chi connectivity index (χ1) is 14.9. The quantitative estimate of drug-likeness (QED) is 0.566. The lowest BCUT2D eigenvalue weighted by molar-refractivity contribution is -0.117. The second-order valence-electron chi connectivity index (χ2n) is 7.79. The molecule has 0 fully saturated rings. The van der Waals surface area contributed by atoms with Crippen LogP contribution in [0.25, 0.3) is 0 Å². The maximum absolute atomic E-state index is 12.9. The fourth-order valence-electron chi connectivity index (χ4n) is 3.58. The van der Waals surface area contributed by atoms with Crippen LogP contribution < -0.4 is 15.0 Å². The molecule has 0 spiro atoms. The van der Waals surface area contributed by atoms with Crippen molar-refractivity contribution in [2.24, 2.45) is 0 Å². The van der Waals surface area contributed by atoms with Gasteiger partial charge in [0, 0.05) is 24.5 Å². The monoisotopic (exact) mass is 454 g/mol. The number of rotatable bonds is 6. The second-order valence-corrected chi connectivity index (χ2v) is 7.79. The summed E-state index contributed by atoms with van der Waals surface area (Å²) < 4.78 is 18.6. The molecule has 32 heavy (non-hydrogen) atoms. The van der Waals surface area contributed by atoms with Gasteiger partial charge < -0.3 is 15.0 Å². The maximum atomic E-state index is 12.9. The molecule has 0 aliphatic carbocycles. The van der Waals surface area contributed by atoms with Crippen LogP contribution in [-0.2, 0) is 24.2 Å². The van der Waals surface area contributed by atoms with Gasteiger partial charge in [0.15, 0.2) is 0 Å². The van der Waals surface area contributed by atoms with Gasteiger partial charge in [-0.2, -0.15) is 17.9 Å². The Morgan fingerprint density at radius 1 is 1.12 bits per heavy atom. The van der Waals surface area contributed by atoms with Crippen LogP contribution in [0.3, 0.4) is 0 Å². The van der Waals surface area contributed by atoms with Crippen molar-refractivity contribution in [3.63, 3.8) is 0 Å². The Bertz CT molecular complexity index is 1090. The Morgan fingerprint density at radius 3 is 2.53 bits per heavy atom. The molecule has 0 radical (unpaired) electrons. The third-order valence-corrected chi connectivity index (χ3v) is 5.61. The lowest BCUT2D eigenvalue weighted by Gasteiger charge is -2.34. The van der Waals surface area contributed by atoms with E-state index < -0.39 is 5.95 Å². The number of carbonyl (C=O) groups excluding carboxylic acids is 1. The summed E-state index contributed by atoms with van der Waals surface area (Å²) in [7, 11) is 1.94. The summed E-state index contributed by atoms with van der Waals surface area (Å²) in [5.41, 5.74) is 5.63. The predicted molar refractivity (Wildman–Crippen MR) is 128 cm³/mol. The Kier molecular flexibility index (Phi) is 7.35. The highest BCUT2D eigenvalue weighted by atomic mass is 32.1. The fourth-order valence-corrected chi connectivity index (χ4v) is 3.58. The third-order valence-electron chi connectivity index (χ3n) is 5.61. The number of halogens is 1. The Morgan fingerprint density at radius 2 is 1.84 bits per heavy atom. The number of anilines is 2. The lowest BCUT2D eigenvalue weighted by atomic mass is 10.0. The van der Waals surface area contributed by atoms with Crippen molar-refractivity contribution < 1.29 is 13.9 Å². The molecule has 8 heteroatoms. The van der Waals surface area contributed by atoms with Crippen molar-refractivity contribution in [3.8, 4) is 5.75 Å². The molecule has 168 valence electrons. The smallest absolute Gasteiger partial charge is 0.246 e. The van der Waals surface area contributed by atoms with Gasteiger partial charge in [-0.1, -0.05) is 12.1 Å². The van der Waals surface area contributed by atoms with Crippen molar-refractivity contribution >= 4 is 30.8 Å². The van der Waals surface area contributed by atoms with E-state index in [0.717, 1.165) is 46.9 Å². The van der Waals surface area contributed by atoms with Crippen molar-refractivity contribution in [2.75, 3.05) is 17.3 Å². The van der Waals surface area contributed by atoms with E-state index in [-0.39, 0.29) is 25.4 Å². The Hall–Kier alpha value is -3.13. The zero-order chi connectivity index (χ0) is 22.0. The molecule has 1 atom stereocenters. The molecule has 0 unspecified atom stereocenters. The number of fused-ring (bicyclic) bond motifs is 1. The van der Waals surface area contributed by atoms with Crippen LogP contribution in [-0.4, -0.2) is 29.0 Å². The summed E-state index contributed by atoms with van der Waals surface area (Å²) in [6.45, 7) is 4.16. The first kappa shape index (κ1) is 23.5. The molecule has 1 N–H and O–H groups in total. The van der Waals surface area contributed by atoms with Crippen LogP contribution in [0.1, 0.15) is 29.4 Å². The number of aromatic nitrogens is 2. The standard InChI is InChI=1S/C24H25FN4O2.H2S/c1-15-23-21(29(3)16(2)24(30)28-23)12-19(27-15)8-4-17-5-9-20(10-6-17)31-14-18-7-11-22(25)26-13-18;/h5-7,9-13,16H,4,8,14H2,1-3H3,(H,28,30);1H2/t16-;/m0./s1. The van der Waals surface area contributed by atoms with Crippen LogP contribution >= 0.6 is 13.5 Å². The van der Waals surface area contributed by atoms with Crippen molar-refractivity contribution in [3.05, 3.63) is 77.1 Å². The molecule has 0 bridgehead atoms. The molecule has 1 aliphatic heterocycles. The average Bonchev–Trinajstić information content (AvgIpc) is 2.77. The van der Waals surface area contributed by atoms with E-state index in [0.29, 0.717) is 6.61 Å². The van der Waals surface area contributed by atoms with Crippen LogP contribution in [0, 0.1) is 12.9 Å². The molecule has 1 aromatic carbocycles. The SMILES string of the molecule is Cc1nc(CCc2ccc(OCc3ccc(F)nc3)cc2)cc2c1NC(=O)[C@H](C)N2C.S. The number of likely N-dealkylation sites (N-methyl/N-ethyl adjacent to an activating group) is 1. The normalized spacial score (nSPS) is 14.9. The molecular formula is C24H27FN4O2S. The first-order valence-corrected chi connectivity index (χ1v) is 10.3. The number of carbonyl (C=O) groups is 1. The van der Waals surface area contributed by atoms with E-state index in [9.17, 15) is 9.18 Å². The summed E-state index contributed by atoms with van der Waals surface area (Å²) in [5.74, 6) is 0.246. The van der Waals surface area contributed by atoms with E-state index in [1.165, 1.54) is 17.8 Å². The van der Waals surface area contributed by atoms with Crippen molar-refractivity contribution in [1.29, 1.82) is 0 Å². The van der Waals surface area contributed by atoms with Gasteiger partial charge in [0.05, 0.1) is 17.1 Å². The predicted octanol–water partition coefficient (Wildman–Crippen LogP) is 4.18. The summed E-state index contributed by atoms with van der Waals surface area (Å²) >= 11 is 0. The van der Waals surface area contributed by atoms with Crippen LogP contribution in [0.5, 0.6) is 5.75 Å². The van der Waals surface area contributed by atoms with Gasteiger partial charge in [-0.05, 0) is 62.6 Å². The van der Waals surface area contributed by atoms with Crippen LogP contribution in [0.15, 0.2) is 48.7 Å². The fraction of sp³-hybridized carbons (Fsp3) is 0.292. The minimum atomic E-state index is -0.498. The van der Waals surface area contributed by atoms with Gasteiger partial charge >= 0.3 is 0 Å². The largest absolute Gasteiger partial charge is 0.489 e. The zero-order valence-corrected chi connectivity index (χ0v) is 19.4. The molecule has 0 saturated carbocycles. The summed E-state index contributed by atoms with van der Waals surface area (Å²) in [5, 5.41) is 2.96. The molecule has 1 aliphatic rings. The van der Waals surface area contributed by atoms with E-state index >= 15 is 0 Å². The van der Waals surface area contributed by atoms with Gasteiger partial charge in [-0.3, -0.25) is 9.78 Å². The second kappa shape index (κ2) is 9.99. The third kappa shape index (κ3) is 5.19. The summed E-state index contributed by atoms with van der Waals surface area (Å²) in [6, 6.07) is 12.8. The highest BCUT2D eigenvalue weighted by molar-refractivity contribution is 7.59. The average molecular weight is 455 g/mol. The van der Waals surface area contributed by atoms with Crippen LogP contribution in [0.2, 0.25) is 0 Å². The molecule has 4 rings (SSSR count). The Balaban J connectivity index is 0.00000289. The van der Waals surface area contributed by atoms with Crippen molar-refractivity contribution in [2.45, 2.75) is 39.3 Å². The number of nitrogens with one attached hydrogen (secondary N) is 1. The number of aryl methyl sites for hydroxylation is 3. The molecule has 0 saturated heterocycles. The van der Waals surface area contributed by atoms with Gasteiger partial charge in [-0.15, -0.1) is 0 Å². The number of amides is 1. The summed E-state index contributed by atoms with van der Waals surface area (Å²) in [4.78, 5) is 22.4. The topological polar surface area (TPSA) is 67.4 Å². The van der Waals surface area contributed by atoms with E-state index in [1.54, 1.807) is 6.07 Å². The summed E-state index contributed by atoms with van der Waals surface area (Å²) in [6.07, 6.45) is 3.12. The minimum absolute atomic E-state index is 0. The molecule has 6 nitrogen and oxygen atoms in total. The van der Waals surface area contributed by atoms with Crippen molar-refractivity contribution in [1.82, 2.24) is 9.97 Å². The number of pyridine rings is 2. The zero-order valence-electron chi connectivity index (χ0n) is 18.4. The number of hydrogen-bond donors (Lipinski definition) is 1. The molecular weight excluding hydrogens is 427 g/mol. The Labute approximate surface area is 194 Å².